The second kappa shape index (κ2) is 12.7. The van der Waals surface area contributed by atoms with E-state index >= 15 is 0 Å². The minimum Gasteiger partial charge on any atom is -0.379 e. The molecule has 0 saturated carbocycles. The summed E-state index contributed by atoms with van der Waals surface area (Å²) in [6.45, 7) is 8.53. The molecule has 0 unspecified atom stereocenters. The number of ether oxygens (including phenoxy) is 1. The molecular formula is C17H27ClFIN4O. The normalized spacial score (nSPS) is 15.6. The van der Waals surface area contributed by atoms with Gasteiger partial charge in [0, 0.05) is 43.3 Å². The lowest BCUT2D eigenvalue weighted by Crippen LogP contribution is -2.40. The summed E-state index contributed by atoms with van der Waals surface area (Å²) in [5.74, 6) is 0.483. The van der Waals surface area contributed by atoms with Crippen LogP contribution in [0.1, 0.15) is 12.5 Å². The number of halogens is 3. The van der Waals surface area contributed by atoms with Gasteiger partial charge in [-0.3, -0.25) is 9.89 Å². The Morgan fingerprint density at radius 1 is 1.32 bits per heavy atom. The number of rotatable bonds is 7. The molecule has 1 heterocycles. The summed E-state index contributed by atoms with van der Waals surface area (Å²) in [5.41, 5.74) is 0.538. The molecule has 0 spiro atoms. The lowest BCUT2D eigenvalue weighted by molar-refractivity contribution is 0.0394. The van der Waals surface area contributed by atoms with Gasteiger partial charge in [0.25, 0.3) is 0 Å². The van der Waals surface area contributed by atoms with Crippen LogP contribution in [0.4, 0.5) is 4.39 Å². The molecule has 25 heavy (non-hydrogen) atoms. The van der Waals surface area contributed by atoms with Crippen molar-refractivity contribution in [2.24, 2.45) is 4.99 Å². The summed E-state index contributed by atoms with van der Waals surface area (Å²) in [6.07, 6.45) is 0.513. The highest BCUT2D eigenvalue weighted by Crippen LogP contribution is 2.18. The number of guanidine groups is 1. The third-order valence-corrected chi connectivity index (χ3v) is 4.22. The Bertz CT molecular complexity index is 521. The molecule has 0 atom stereocenters. The van der Waals surface area contributed by atoms with Crippen molar-refractivity contribution in [1.82, 2.24) is 15.5 Å². The fraction of sp³-hybridized carbons (Fsp3) is 0.588. The van der Waals surface area contributed by atoms with Crippen molar-refractivity contribution >= 4 is 41.5 Å². The highest BCUT2D eigenvalue weighted by molar-refractivity contribution is 14.0. The lowest BCUT2D eigenvalue weighted by atomic mass is 10.1. The van der Waals surface area contributed by atoms with Crippen LogP contribution in [0.25, 0.3) is 0 Å². The van der Waals surface area contributed by atoms with Crippen molar-refractivity contribution < 1.29 is 9.13 Å². The van der Waals surface area contributed by atoms with Gasteiger partial charge >= 0.3 is 0 Å². The highest BCUT2D eigenvalue weighted by atomic mass is 127. The Hall–Kier alpha value is -0.640. The summed E-state index contributed by atoms with van der Waals surface area (Å²) in [5, 5.41) is 6.90. The van der Waals surface area contributed by atoms with Crippen LogP contribution in [0.2, 0.25) is 5.02 Å². The average Bonchev–Trinajstić information content (AvgIpc) is 2.58. The van der Waals surface area contributed by atoms with E-state index in [0.717, 1.165) is 51.9 Å². The van der Waals surface area contributed by atoms with Crippen LogP contribution in [-0.2, 0) is 11.2 Å². The zero-order valence-corrected chi connectivity index (χ0v) is 17.6. The molecule has 0 bridgehead atoms. The van der Waals surface area contributed by atoms with Gasteiger partial charge in [-0.25, -0.2) is 4.39 Å². The fourth-order valence-electron chi connectivity index (χ4n) is 2.55. The van der Waals surface area contributed by atoms with Gasteiger partial charge in [-0.2, -0.15) is 0 Å². The van der Waals surface area contributed by atoms with E-state index in [1.807, 2.05) is 6.92 Å². The zero-order chi connectivity index (χ0) is 17.2. The van der Waals surface area contributed by atoms with E-state index < -0.39 is 0 Å². The van der Waals surface area contributed by atoms with E-state index in [9.17, 15) is 4.39 Å². The van der Waals surface area contributed by atoms with E-state index in [0.29, 0.717) is 23.6 Å². The van der Waals surface area contributed by atoms with E-state index in [1.54, 1.807) is 12.1 Å². The van der Waals surface area contributed by atoms with Crippen LogP contribution in [0.15, 0.2) is 23.2 Å². The van der Waals surface area contributed by atoms with Gasteiger partial charge in [-0.05, 0) is 25.5 Å². The SMILES string of the molecule is CCNC(=NCCN1CCOCC1)NCCc1c(F)cccc1Cl.I. The van der Waals surface area contributed by atoms with Crippen molar-refractivity contribution in [3.8, 4) is 0 Å². The standard InChI is InChI=1S/C17H26ClFN4O.HI/c1-2-20-17(22-8-9-23-10-12-24-13-11-23)21-7-6-14-15(18)4-3-5-16(14)19;/h3-5H,2,6-13H2,1H3,(H2,20,21,22);1H. The largest absolute Gasteiger partial charge is 0.379 e. The third-order valence-electron chi connectivity index (χ3n) is 3.86. The van der Waals surface area contributed by atoms with E-state index in [-0.39, 0.29) is 29.8 Å². The van der Waals surface area contributed by atoms with Crippen molar-refractivity contribution in [2.75, 3.05) is 52.5 Å². The van der Waals surface area contributed by atoms with Gasteiger partial charge in [0.15, 0.2) is 5.96 Å². The first-order valence-corrected chi connectivity index (χ1v) is 8.83. The van der Waals surface area contributed by atoms with Gasteiger partial charge in [0.1, 0.15) is 5.82 Å². The smallest absolute Gasteiger partial charge is 0.191 e. The Morgan fingerprint density at radius 2 is 2.08 bits per heavy atom. The molecule has 0 amide bonds. The maximum absolute atomic E-state index is 13.8. The number of benzene rings is 1. The predicted molar refractivity (Wildman–Crippen MR) is 112 cm³/mol. The number of morpholine rings is 1. The van der Waals surface area contributed by atoms with Crippen molar-refractivity contribution in [2.45, 2.75) is 13.3 Å². The maximum atomic E-state index is 13.8. The number of nitrogens with one attached hydrogen (secondary N) is 2. The fourth-order valence-corrected chi connectivity index (χ4v) is 2.80. The second-order valence-electron chi connectivity index (χ2n) is 5.59. The Balaban J connectivity index is 0.00000312. The second-order valence-corrected chi connectivity index (χ2v) is 6.00. The quantitative estimate of drug-likeness (QED) is 0.355. The summed E-state index contributed by atoms with van der Waals surface area (Å²) in [6, 6.07) is 4.76. The van der Waals surface area contributed by atoms with Crippen molar-refractivity contribution in [3.05, 3.63) is 34.6 Å². The molecule has 5 nitrogen and oxygen atoms in total. The first-order chi connectivity index (χ1) is 11.7. The molecule has 8 heteroatoms. The van der Waals surface area contributed by atoms with E-state index in [4.69, 9.17) is 16.3 Å². The molecule has 2 rings (SSSR count). The minimum absolute atomic E-state index is 0. The van der Waals surface area contributed by atoms with Crippen molar-refractivity contribution in [1.29, 1.82) is 0 Å². The molecule has 1 saturated heterocycles. The molecular weight excluding hydrogens is 458 g/mol. The number of hydrogen-bond acceptors (Lipinski definition) is 3. The monoisotopic (exact) mass is 484 g/mol. The topological polar surface area (TPSA) is 48.9 Å². The van der Waals surface area contributed by atoms with Crippen LogP contribution in [-0.4, -0.2) is 63.3 Å². The van der Waals surface area contributed by atoms with E-state index in [1.165, 1.54) is 6.07 Å². The molecule has 1 aromatic carbocycles. The molecule has 0 aromatic heterocycles. The summed E-state index contributed by atoms with van der Waals surface area (Å²) in [7, 11) is 0. The Kier molecular flexibility index (Phi) is 11.4. The van der Waals surface area contributed by atoms with Gasteiger partial charge in [0.05, 0.1) is 19.8 Å². The Morgan fingerprint density at radius 3 is 2.76 bits per heavy atom. The molecule has 1 aliphatic rings. The van der Waals surface area contributed by atoms with Crippen molar-refractivity contribution in [3.63, 3.8) is 0 Å². The first-order valence-electron chi connectivity index (χ1n) is 8.46. The van der Waals surface area contributed by atoms with Gasteiger partial charge in [-0.15, -0.1) is 24.0 Å². The molecule has 0 radical (unpaired) electrons. The van der Waals surface area contributed by atoms with Crippen LogP contribution >= 0.6 is 35.6 Å². The molecule has 142 valence electrons. The van der Waals surface area contributed by atoms with E-state index in [2.05, 4.69) is 20.5 Å². The average molecular weight is 485 g/mol. The van der Waals surface area contributed by atoms with Crippen LogP contribution in [0.3, 0.4) is 0 Å². The zero-order valence-electron chi connectivity index (χ0n) is 14.6. The molecule has 1 aromatic rings. The summed E-state index contributed by atoms with van der Waals surface area (Å²) >= 11 is 6.05. The third kappa shape index (κ3) is 8.06. The van der Waals surface area contributed by atoms with Gasteiger partial charge < -0.3 is 15.4 Å². The highest BCUT2D eigenvalue weighted by Gasteiger charge is 2.10. The number of hydrogen-bond donors (Lipinski definition) is 2. The summed E-state index contributed by atoms with van der Waals surface area (Å²) in [4.78, 5) is 6.91. The number of aliphatic imine (C=N–C) groups is 1. The number of nitrogens with zero attached hydrogens (tertiary/aromatic N) is 2. The molecule has 2 N–H and O–H groups in total. The predicted octanol–water partition coefficient (Wildman–Crippen LogP) is 2.53. The van der Waals surface area contributed by atoms with Gasteiger partial charge in [0.2, 0.25) is 0 Å². The van der Waals surface area contributed by atoms with Crippen LogP contribution < -0.4 is 10.6 Å². The minimum atomic E-state index is -0.265. The molecule has 0 aliphatic carbocycles. The van der Waals surface area contributed by atoms with Crippen LogP contribution in [0.5, 0.6) is 0 Å². The Labute approximate surface area is 171 Å². The summed E-state index contributed by atoms with van der Waals surface area (Å²) < 4.78 is 19.1. The molecule has 1 fully saturated rings. The maximum Gasteiger partial charge on any atom is 0.191 e. The van der Waals surface area contributed by atoms with Crippen LogP contribution in [0, 0.1) is 5.82 Å². The van der Waals surface area contributed by atoms with Gasteiger partial charge in [-0.1, -0.05) is 17.7 Å². The molecule has 1 aliphatic heterocycles. The first kappa shape index (κ1) is 22.4. The lowest BCUT2D eigenvalue weighted by Gasteiger charge is -2.25.